The Morgan fingerprint density at radius 1 is 1.04 bits per heavy atom. The van der Waals surface area contributed by atoms with E-state index in [1.165, 1.54) is 11.9 Å². The van der Waals surface area contributed by atoms with Gasteiger partial charge in [-0.3, -0.25) is 19.6 Å². The number of ether oxygens (including phenoxy) is 1. The molecule has 2 heterocycles. The predicted octanol–water partition coefficient (Wildman–Crippen LogP) is 0.996. The number of methoxy groups -OCH3 is 1. The minimum atomic E-state index is -0.267. The highest BCUT2D eigenvalue weighted by molar-refractivity contribution is 5.96. The minimum Gasteiger partial charge on any atom is -0.495 e. The maximum absolute atomic E-state index is 12.0. The molecule has 0 aromatic heterocycles. The van der Waals surface area contributed by atoms with Crippen LogP contribution < -0.4 is 15.1 Å². The van der Waals surface area contributed by atoms with Gasteiger partial charge in [0.15, 0.2) is 0 Å². The van der Waals surface area contributed by atoms with Gasteiger partial charge in [-0.1, -0.05) is 12.1 Å². The van der Waals surface area contributed by atoms with Crippen molar-refractivity contribution in [2.45, 2.75) is 12.8 Å². The fourth-order valence-electron chi connectivity index (χ4n) is 3.52. The molecule has 0 aliphatic carbocycles. The number of piperazine rings is 1. The van der Waals surface area contributed by atoms with Crippen LogP contribution in [0.15, 0.2) is 24.3 Å². The van der Waals surface area contributed by atoms with Crippen LogP contribution in [0.4, 0.5) is 10.5 Å². The lowest BCUT2D eigenvalue weighted by Crippen LogP contribution is -2.59. The molecule has 27 heavy (non-hydrogen) atoms. The second-order valence-electron chi connectivity index (χ2n) is 6.93. The van der Waals surface area contributed by atoms with Crippen molar-refractivity contribution in [1.29, 1.82) is 0 Å². The van der Waals surface area contributed by atoms with E-state index in [0.717, 1.165) is 57.0 Å². The molecule has 0 radical (unpaired) electrons. The fourth-order valence-corrected chi connectivity index (χ4v) is 3.52. The number of amides is 3. The number of anilines is 1. The summed E-state index contributed by atoms with van der Waals surface area (Å²) < 4.78 is 5.47. The van der Waals surface area contributed by atoms with Gasteiger partial charge in [0.05, 0.1) is 19.3 Å². The lowest BCUT2D eigenvalue weighted by molar-refractivity contribution is -0.130. The summed E-state index contributed by atoms with van der Waals surface area (Å²) in [5, 5.41) is 1.54. The van der Waals surface area contributed by atoms with E-state index in [9.17, 15) is 9.59 Å². The number of rotatable bonds is 7. The number of hydrogen-bond acceptors (Lipinski definition) is 6. The van der Waals surface area contributed by atoms with Crippen LogP contribution in [-0.4, -0.2) is 86.7 Å². The van der Waals surface area contributed by atoms with E-state index in [2.05, 4.69) is 21.3 Å². The number of imide groups is 1. The summed E-state index contributed by atoms with van der Waals surface area (Å²) in [6.07, 6.45) is 1.94. The van der Waals surface area contributed by atoms with E-state index in [-0.39, 0.29) is 18.5 Å². The molecule has 0 unspecified atom stereocenters. The summed E-state index contributed by atoms with van der Waals surface area (Å²) in [6, 6.07) is 7.89. The van der Waals surface area contributed by atoms with Gasteiger partial charge in [0.2, 0.25) is 5.91 Å². The normalized spacial score (nSPS) is 19.0. The molecule has 1 aromatic rings. The predicted molar refractivity (Wildman–Crippen MR) is 104 cm³/mol. The van der Waals surface area contributed by atoms with Gasteiger partial charge in [-0.05, 0) is 31.5 Å². The van der Waals surface area contributed by atoms with E-state index in [1.807, 2.05) is 18.2 Å². The first-order chi connectivity index (χ1) is 13.1. The number of carbonyl (C=O) groups is 2. The van der Waals surface area contributed by atoms with Crippen LogP contribution in [0.3, 0.4) is 0 Å². The van der Waals surface area contributed by atoms with E-state index < -0.39 is 0 Å². The zero-order valence-corrected chi connectivity index (χ0v) is 16.2. The van der Waals surface area contributed by atoms with Gasteiger partial charge < -0.3 is 9.64 Å². The molecule has 2 aliphatic rings. The molecule has 1 N–H and O–H groups in total. The molecule has 0 saturated carbocycles. The van der Waals surface area contributed by atoms with Crippen molar-refractivity contribution in [1.82, 2.24) is 20.2 Å². The van der Waals surface area contributed by atoms with Crippen LogP contribution in [0.1, 0.15) is 12.8 Å². The van der Waals surface area contributed by atoms with E-state index in [1.54, 1.807) is 12.1 Å². The summed E-state index contributed by atoms with van der Waals surface area (Å²) >= 11 is 0. The highest BCUT2D eigenvalue weighted by Crippen LogP contribution is 2.28. The summed E-state index contributed by atoms with van der Waals surface area (Å²) in [4.78, 5) is 29.5. The quantitative estimate of drug-likeness (QED) is 0.717. The molecule has 3 rings (SSSR count). The van der Waals surface area contributed by atoms with Gasteiger partial charge in [-0.25, -0.2) is 10.2 Å². The largest absolute Gasteiger partial charge is 0.495 e. The Labute approximate surface area is 160 Å². The Morgan fingerprint density at radius 3 is 2.48 bits per heavy atom. The number of benzene rings is 1. The molecule has 0 atom stereocenters. The SMILES string of the molecule is COc1ccccc1N1CCN(CCCCN2NCC(=O)N(C)C2=O)CC1. The molecule has 1 aromatic carbocycles. The Kier molecular flexibility index (Phi) is 6.52. The number of nitrogens with one attached hydrogen (secondary N) is 1. The Bertz CT molecular complexity index is 661. The van der Waals surface area contributed by atoms with Crippen molar-refractivity contribution in [2.75, 3.05) is 64.9 Å². The maximum atomic E-state index is 12.0. The molecule has 3 amide bonds. The molecule has 0 bridgehead atoms. The van der Waals surface area contributed by atoms with E-state index in [0.29, 0.717) is 6.54 Å². The van der Waals surface area contributed by atoms with Gasteiger partial charge >= 0.3 is 6.03 Å². The van der Waals surface area contributed by atoms with Crippen LogP contribution in [0.25, 0.3) is 0 Å². The number of unbranched alkanes of at least 4 members (excludes halogenated alkanes) is 1. The molecule has 8 heteroatoms. The summed E-state index contributed by atoms with van der Waals surface area (Å²) in [5.41, 5.74) is 4.04. The van der Waals surface area contributed by atoms with Crippen LogP contribution in [-0.2, 0) is 4.79 Å². The summed E-state index contributed by atoms with van der Waals surface area (Å²) in [6.45, 7) is 5.85. The van der Waals surface area contributed by atoms with Crippen molar-refractivity contribution < 1.29 is 14.3 Å². The summed E-state index contributed by atoms with van der Waals surface area (Å²) in [5.74, 6) is 0.734. The van der Waals surface area contributed by atoms with Gasteiger partial charge in [-0.2, -0.15) is 0 Å². The molecule has 2 saturated heterocycles. The van der Waals surface area contributed by atoms with Gasteiger partial charge in [0, 0.05) is 39.8 Å². The van der Waals surface area contributed by atoms with Crippen molar-refractivity contribution >= 4 is 17.6 Å². The second kappa shape index (κ2) is 9.05. The van der Waals surface area contributed by atoms with E-state index in [4.69, 9.17) is 4.74 Å². The molecule has 2 fully saturated rings. The van der Waals surface area contributed by atoms with Crippen molar-refractivity contribution in [3.63, 3.8) is 0 Å². The molecular formula is C19H29N5O3. The third-order valence-electron chi connectivity index (χ3n) is 5.22. The van der Waals surface area contributed by atoms with Crippen molar-refractivity contribution in [3.05, 3.63) is 24.3 Å². The first-order valence-electron chi connectivity index (χ1n) is 9.52. The van der Waals surface area contributed by atoms with Crippen LogP contribution >= 0.6 is 0 Å². The Hall–Kier alpha value is -2.32. The average Bonchev–Trinajstić information content (AvgIpc) is 2.71. The second-order valence-corrected chi connectivity index (χ2v) is 6.93. The topological polar surface area (TPSA) is 68.4 Å². The Balaban J connectivity index is 1.36. The number of likely N-dealkylation sites (N-methyl/N-ethyl adjacent to an activating group) is 1. The van der Waals surface area contributed by atoms with Crippen LogP contribution in [0.5, 0.6) is 5.75 Å². The number of urea groups is 1. The van der Waals surface area contributed by atoms with Gasteiger partial charge in [0.1, 0.15) is 5.75 Å². The minimum absolute atomic E-state index is 0.188. The number of hydrazine groups is 1. The average molecular weight is 375 g/mol. The fraction of sp³-hybridized carbons (Fsp3) is 0.579. The lowest BCUT2D eigenvalue weighted by Gasteiger charge is -2.37. The zero-order chi connectivity index (χ0) is 19.2. The lowest BCUT2D eigenvalue weighted by atomic mass is 10.2. The molecular weight excluding hydrogens is 346 g/mol. The van der Waals surface area contributed by atoms with Crippen molar-refractivity contribution in [2.24, 2.45) is 0 Å². The van der Waals surface area contributed by atoms with Gasteiger partial charge in [0.25, 0.3) is 0 Å². The van der Waals surface area contributed by atoms with Crippen molar-refractivity contribution in [3.8, 4) is 5.75 Å². The highest BCUT2D eigenvalue weighted by Gasteiger charge is 2.28. The number of hydrogen-bond donors (Lipinski definition) is 1. The highest BCUT2D eigenvalue weighted by atomic mass is 16.5. The molecule has 148 valence electrons. The number of carbonyl (C=O) groups excluding carboxylic acids is 2. The third-order valence-corrected chi connectivity index (χ3v) is 5.22. The standard InChI is InChI=1S/C19H29N5O3/c1-21-18(25)15-20-24(19(21)26)10-6-5-9-22-11-13-23(14-12-22)16-7-3-4-8-17(16)27-2/h3-4,7-8,20H,5-6,9-15H2,1-2H3. The maximum Gasteiger partial charge on any atom is 0.340 e. The smallest absolute Gasteiger partial charge is 0.340 e. The monoisotopic (exact) mass is 375 g/mol. The third kappa shape index (κ3) is 4.70. The molecule has 2 aliphatic heterocycles. The molecule has 0 spiro atoms. The molecule has 8 nitrogen and oxygen atoms in total. The van der Waals surface area contributed by atoms with Crippen LogP contribution in [0, 0.1) is 0 Å². The first kappa shape index (κ1) is 19.4. The Morgan fingerprint density at radius 2 is 1.74 bits per heavy atom. The van der Waals surface area contributed by atoms with Crippen LogP contribution in [0.2, 0.25) is 0 Å². The summed E-state index contributed by atoms with van der Waals surface area (Å²) in [7, 11) is 3.24. The number of para-hydroxylation sites is 2. The first-order valence-corrected chi connectivity index (χ1v) is 9.52. The zero-order valence-electron chi connectivity index (χ0n) is 16.2. The van der Waals surface area contributed by atoms with E-state index >= 15 is 0 Å². The number of nitrogens with zero attached hydrogens (tertiary/aromatic N) is 4. The van der Waals surface area contributed by atoms with Gasteiger partial charge in [-0.15, -0.1) is 0 Å².